The fourth-order valence-corrected chi connectivity index (χ4v) is 2.22. The quantitative estimate of drug-likeness (QED) is 0.933. The summed E-state index contributed by atoms with van der Waals surface area (Å²) < 4.78 is 3.74. The van der Waals surface area contributed by atoms with E-state index in [1.54, 1.807) is 38.1 Å². The monoisotopic (exact) mass is 304 g/mol. The fraction of sp³-hybridized carbons (Fsp3) is 0.286. The van der Waals surface area contributed by atoms with Crippen molar-refractivity contribution in [2.45, 2.75) is 13.3 Å². The highest BCUT2D eigenvalue weighted by Gasteiger charge is 2.13. The van der Waals surface area contributed by atoms with E-state index in [0.717, 1.165) is 17.1 Å². The summed E-state index contributed by atoms with van der Waals surface area (Å²) in [4.78, 5) is 25.7. The van der Waals surface area contributed by atoms with E-state index in [4.69, 9.17) is 0 Å². The fourth-order valence-electron chi connectivity index (χ4n) is 1.67. The number of aromatic nitrogens is 2. The lowest BCUT2D eigenvalue weighted by Gasteiger charge is -2.10. The Balaban J connectivity index is 2.01. The van der Waals surface area contributed by atoms with E-state index in [-0.39, 0.29) is 11.8 Å². The molecule has 0 radical (unpaired) electrons. The first-order valence-corrected chi connectivity index (χ1v) is 7.14. The second-order valence-electron chi connectivity index (χ2n) is 4.80. The number of amides is 2. The molecular formula is C14H16N4O2S. The number of carbonyl (C=O) groups is 2. The van der Waals surface area contributed by atoms with Gasteiger partial charge < -0.3 is 10.2 Å². The Morgan fingerprint density at radius 2 is 1.90 bits per heavy atom. The predicted molar refractivity (Wildman–Crippen MR) is 81.4 cm³/mol. The summed E-state index contributed by atoms with van der Waals surface area (Å²) in [6, 6.07) is 7.21. The van der Waals surface area contributed by atoms with Crippen molar-refractivity contribution in [2.75, 3.05) is 19.4 Å². The van der Waals surface area contributed by atoms with E-state index in [2.05, 4.69) is 14.9 Å². The molecule has 0 fully saturated rings. The number of nitrogens with zero attached hydrogens (tertiary/aromatic N) is 3. The zero-order valence-corrected chi connectivity index (χ0v) is 12.9. The van der Waals surface area contributed by atoms with Crippen LogP contribution in [0.25, 0.3) is 0 Å². The molecule has 0 saturated heterocycles. The molecule has 0 aliphatic rings. The van der Waals surface area contributed by atoms with Crippen molar-refractivity contribution in [1.82, 2.24) is 14.5 Å². The van der Waals surface area contributed by atoms with Crippen molar-refractivity contribution in [3.05, 3.63) is 40.4 Å². The number of hydrogen-bond donors (Lipinski definition) is 1. The third-order valence-corrected chi connectivity index (χ3v) is 3.75. The van der Waals surface area contributed by atoms with Gasteiger partial charge in [-0.25, -0.2) is 0 Å². The summed E-state index contributed by atoms with van der Waals surface area (Å²) in [5.74, 6) is -0.183. The van der Waals surface area contributed by atoms with Crippen LogP contribution < -0.4 is 5.32 Å². The summed E-state index contributed by atoms with van der Waals surface area (Å²) in [5, 5.41) is 6.59. The van der Waals surface area contributed by atoms with Crippen LogP contribution in [0.2, 0.25) is 0 Å². The van der Waals surface area contributed by atoms with E-state index < -0.39 is 0 Å². The van der Waals surface area contributed by atoms with Gasteiger partial charge >= 0.3 is 0 Å². The number of nitrogens with one attached hydrogen (secondary N) is 1. The third-order valence-electron chi connectivity index (χ3n) is 2.92. The highest BCUT2D eigenvalue weighted by molar-refractivity contribution is 7.08. The van der Waals surface area contributed by atoms with Gasteiger partial charge in [-0.05, 0) is 36.2 Å². The van der Waals surface area contributed by atoms with Crippen LogP contribution >= 0.6 is 11.5 Å². The standard InChI is InChI=1S/C14H16N4O2S/c1-9-13(21-17-16-9)14(20)15-11-6-4-10(5-7-11)8-12(19)18(2)3/h4-7H,8H2,1-3H3,(H,15,20). The molecule has 7 heteroatoms. The summed E-state index contributed by atoms with van der Waals surface area (Å²) in [6.07, 6.45) is 0.346. The first-order valence-electron chi connectivity index (χ1n) is 6.37. The minimum absolute atomic E-state index is 0.0399. The normalized spacial score (nSPS) is 10.2. The highest BCUT2D eigenvalue weighted by atomic mass is 32.1. The molecule has 2 aromatic rings. The van der Waals surface area contributed by atoms with E-state index in [1.165, 1.54) is 0 Å². The van der Waals surface area contributed by atoms with E-state index in [9.17, 15) is 9.59 Å². The first kappa shape index (κ1) is 15.1. The number of likely N-dealkylation sites (N-methyl/N-ethyl adjacent to an activating group) is 1. The molecule has 1 aromatic carbocycles. The topological polar surface area (TPSA) is 75.2 Å². The minimum atomic E-state index is -0.223. The SMILES string of the molecule is Cc1nnsc1C(=O)Nc1ccc(CC(=O)N(C)C)cc1. The Morgan fingerprint density at radius 1 is 1.24 bits per heavy atom. The number of anilines is 1. The molecule has 0 saturated carbocycles. The number of hydrogen-bond acceptors (Lipinski definition) is 5. The summed E-state index contributed by atoms with van der Waals surface area (Å²) in [7, 11) is 3.45. The number of carbonyl (C=O) groups excluding carboxylic acids is 2. The summed E-state index contributed by atoms with van der Waals surface area (Å²) in [6.45, 7) is 1.74. The van der Waals surface area contributed by atoms with E-state index in [1.807, 2.05) is 12.1 Å². The smallest absolute Gasteiger partial charge is 0.269 e. The molecule has 6 nitrogen and oxygen atoms in total. The molecule has 0 spiro atoms. The van der Waals surface area contributed by atoms with Gasteiger partial charge in [-0.1, -0.05) is 16.6 Å². The molecule has 21 heavy (non-hydrogen) atoms. The Morgan fingerprint density at radius 3 is 2.43 bits per heavy atom. The lowest BCUT2D eigenvalue weighted by Crippen LogP contribution is -2.23. The predicted octanol–water partition coefficient (Wildman–Crippen LogP) is 1.73. The second kappa shape index (κ2) is 6.45. The molecular weight excluding hydrogens is 288 g/mol. The number of benzene rings is 1. The van der Waals surface area contributed by atoms with Crippen molar-refractivity contribution >= 4 is 29.0 Å². The van der Waals surface area contributed by atoms with Gasteiger partial charge in [-0.3, -0.25) is 9.59 Å². The van der Waals surface area contributed by atoms with Crippen molar-refractivity contribution < 1.29 is 9.59 Å². The van der Waals surface area contributed by atoms with Crippen molar-refractivity contribution in [2.24, 2.45) is 0 Å². The van der Waals surface area contributed by atoms with Crippen molar-refractivity contribution in [3.8, 4) is 0 Å². The molecule has 110 valence electrons. The van der Waals surface area contributed by atoms with Crippen LogP contribution in [-0.4, -0.2) is 40.4 Å². The molecule has 1 aromatic heterocycles. The maximum absolute atomic E-state index is 12.0. The molecule has 2 rings (SSSR count). The molecule has 0 atom stereocenters. The molecule has 0 aliphatic heterocycles. The van der Waals surface area contributed by atoms with E-state index >= 15 is 0 Å². The van der Waals surface area contributed by atoms with Gasteiger partial charge in [-0.15, -0.1) is 5.10 Å². The number of aryl methyl sites for hydroxylation is 1. The first-order chi connectivity index (χ1) is 9.97. The Labute approximate surface area is 127 Å². The van der Waals surface area contributed by atoms with Crippen LogP contribution in [0.5, 0.6) is 0 Å². The van der Waals surface area contributed by atoms with Crippen LogP contribution in [-0.2, 0) is 11.2 Å². The van der Waals surface area contributed by atoms with Gasteiger partial charge in [0.15, 0.2) is 0 Å². The van der Waals surface area contributed by atoms with Crippen LogP contribution in [0, 0.1) is 6.92 Å². The molecule has 0 aliphatic carbocycles. The van der Waals surface area contributed by atoms with Gasteiger partial charge in [0.2, 0.25) is 5.91 Å². The largest absolute Gasteiger partial charge is 0.349 e. The van der Waals surface area contributed by atoms with Crippen LogP contribution in [0.15, 0.2) is 24.3 Å². The molecule has 2 amide bonds. The zero-order chi connectivity index (χ0) is 15.4. The van der Waals surface area contributed by atoms with Gasteiger partial charge in [0.25, 0.3) is 5.91 Å². The van der Waals surface area contributed by atoms with Crippen LogP contribution in [0.4, 0.5) is 5.69 Å². The summed E-state index contributed by atoms with van der Waals surface area (Å²) >= 11 is 1.07. The maximum atomic E-state index is 12.0. The van der Waals surface area contributed by atoms with Gasteiger partial charge in [0.05, 0.1) is 12.1 Å². The lowest BCUT2D eigenvalue weighted by atomic mass is 10.1. The third kappa shape index (κ3) is 3.85. The van der Waals surface area contributed by atoms with Crippen molar-refractivity contribution in [3.63, 3.8) is 0 Å². The van der Waals surface area contributed by atoms with Gasteiger partial charge in [0, 0.05) is 19.8 Å². The maximum Gasteiger partial charge on any atom is 0.269 e. The minimum Gasteiger partial charge on any atom is -0.349 e. The van der Waals surface area contributed by atoms with Gasteiger partial charge in [-0.2, -0.15) is 0 Å². The zero-order valence-electron chi connectivity index (χ0n) is 12.1. The Hall–Kier alpha value is -2.28. The van der Waals surface area contributed by atoms with Gasteiger partial charge in [0.1, 0.15) is 4.88 Å². The Kier molecular flexibility index (Phi) is 4.64. The number of rotatable bonds is 4. The molecule has 1 N–H and O–H groups in total. The highest BCUT2D eigenvalue weighted by Crippen LogP contribution is 2.15. The average molecular weight is 304 g/mol. The summed E-state index contributed by atoms with van der Waals surface area (Å²) in [5.41, 5.74) is 2.20. The van der Waals surface area contributed by atoms with Crippen LogP contribution in [0.1, 0.15) is 20.9 Å². The van der Waals surface area contributed by atoms with Crippen LogP contribution in [0.3, 0.4) is 0 Å². The lowest BCUT2D eigenvalue weighted by molar-refractivity contribution is -0.127. The second-order valence-corrected chi connectivity index (χ2v) is 5.56. The van der Waals surface area contributed by atoms with E-state index in [0.29, 0.717) is 22.7 Å². The molecule has 0 unspecified atom stereocenters. The average Bonchev–Trinajstić information content (AvgIpc) is 2.87. The Bertz CT molecular complexity index is 649. The molecule has 0 bridgehead atoms. The molecule has 1 heterocycles. The van der Waals surface area contributed by atoms with Crippen molar-refractivity contribution in [1.29, 1.82) is 0 Å².